The summed E-state index contributed by atoms with van der Waals surface area (Å²) < 4.78 is 0. The van der Waals surface area contributed by atoms with Gasteiger partial charge in [0.25, 0.3) is 0 Å². The molecule has 1 atom stereocenters. The van der Waals surface area contributed by atoms with Crippen LogP contribution in [0.3, 0.4) is 0 Å². The first-order valence-corrected chi connectivity index (χ1v) is 6.91. The highest BCUT2D eigenvalue weighted by atomic mass is 14.9. The summed E-state index contributed by atoms with van der Waals surface area (Å²) >= 11 is 0. The molecule has 0 radical (unpaired) electrons. The van der Waals surface area contributed by atoms with E-state index in [9.17, 15) is 0 Å². The Balaban J connectivity index is 1.80. The highest BCUT2D eigenvalue weighted by molar-refractivity contribution is 5.01. The molecule has 0 aromatic rings. The molecule has 2 aliphatic rings. The predicted molar refractivity (Wildman–Crippen MR) is 65.9 cm³/mol. The molecule has 0 aromatic carbocycles. The molecule has 1 unspecified atom stereocenters. The average Bonchev–Trinajstić information content (AvgIpc) is 2.92. The minimum Gasteiger partial charge on any atom is -0.313 e. The number of rotatable bonds is 6. The maximum absolute atomic E-state index is 3.83. The zero-order valence-corrected chi connectivity index (χ0v) is 10.7. The molecule has 2 fully saturated rings. The van der Waals surface area contributed by atoms with Crippen LogP contribution in [0.4, 0.5) is 0 Å². The van der Waals surface area contributed by atoms with Crippen LogP contribution < -0.4 is 5.32 Å². The summed E-state index contributed by atoms with van der Waals surface area (Å²) in [6.07, 6.45) is 8.79. The molecule has 15 heavy (non-hydrogen) atoms. The number of hydrogen-bond donors (Lipinski definition) is 1. The Kier molecular flexibility index (Phi) is 3.39. The van der Waals surface area contributed by atoms with Gasteiger partial charge < -0.3 is 5.32 Å². The molecule has 0 heterocycles. The summed E-state index contributed by atoms with van der Waals surface area (Å²) in [4.78, 5) is 0. The van der Waals surface area contributed by atoms with Gasteiger partial charge in [-0.15, -0.1) is 0 Å². The highest BCUT2D eigenvalue weighted by Crippen LogP contribution is 2.56. The zero-order valence-electron chi connectivity index (χ0n) is 10.7. The molecular weight excluding hydrogens is 182 g/mol. The Morgan fingerprint density at radius 1 is 1.27 bits per heavy atom. The van der Waals surface area contributed by atoms with Crippen LogP contribution in [0.1, 0.15) is 59.3 Å². The van der Waals surface area contributed by atoms with Gasteiger partial charge in [-0.1, -0.05) is 27.2 Å². The molecule has 88 valence electrons. The summed E-state index contributed by atoms with van der Waals surface area (Å²) in [6, 6.07) is 0.737. The monoisotopic (exact) mass is 209 g/mol. The van der Waals surface area contributed by atoms with Gasteiger partial charge in [-0.25, -0.2) is 0 Å². The van der Waals surface area contributed by atoms with Crippen molar-refractivity contribution in [3.8, 4) is 0 Å². The zero-order chi connectivity index (χ0) is 10.9. The Bertz CT molecular complexity index is 201. The Morgan fingerprint density at radius 3 is 2.27 bits per heavy atom. The van der Waals surface area contributed by atoms with E-state index in [1.807, 2.05) is 0 Å². The minimum atomic E-state index is 0.737. The normalized spacial score (nSPS) is 26.4. The van der Waals surface area contributed by atoms with Crippen molar-refractivity contribution in [1.29, 1.82) is 0 Å². The van der Waals surface area contributed by atoms with Crippen LogP contribution in [0.25, 0.3) is 0 Å². The first kappa shape index (κ1) is 11.4. The van der Waals surface area contributed by atoms with Crippen molar-refractivity contribution >= 4 is 0 Å². The van der Waals surface area contributed by atoms with Crippen molar-refractivity contribution in [3.63, 3.8) is 0 Å². The van der Waals surface area contributed by atoms with Gasteiger partial charge in [-0.2, -0.15) is 0 Å². The van der Waals surface area contributed by atoms with E-state index in [-0.39, 0.29) is 0 Å². The third-order valence-corrected chi connectivity index (χ3v) is 4.75. The molecule has 2 saturated carbocycles. The Labute approximate surface area is 95.0 Å². The molecule has 0 aliphatic heterocycles. The van der Waals surface area contributed by atoms with Gasteiger partial charge in [0.2, 0.25) is 0 Å². The fourth-order valence-electron chi connectivity index (χ4n) is 3.24. The van der Waals surface area contributed by atoms with Gasteiger partial charge in [0, 0.05) is 12.6 Å². The third-order valence-electron chi connectivity index (χ3n) is 4.75. The van der Waals surface area contributed by atoms with E-state index >= 15 is 0 Å². The molecule has 0 amide bonds. The molecule has 0 spiro atoms. The largest absolute Gasteiger partial charge is 0.313 e. The summed E-state index contributed by atoms with van der Waals surface area (Å²) in [5.41, 5.74) is 0.738. The fourth-order valence-corrected chi connectivity index (χ4v) is 3.24. The van der Waals surface area contributed by atoms with E-state index in [1.54, 1.807) is 0 Å². The molecule has 0 saturated heterocycles. The molecule has 1 nitrogen and oxygen atoms in total. The lowest BCUT2D eigenvalue weighted by molar-refractivity contribution is 0.0911. The Morgan fingerprint density at radius 2 is 1.93 bits per heavy atom. The summed E-state index contributed by atoms with van der Waals surface area (Å²) in [7, 11) is 0. The van der Waals surface area contributed by atoms with Crippen molar-refractivity contribution in [1.82, 2.24) is 5.32 Å². The van der Waals surface area contributed by atoms with Gasteiger partial charge >= 0.3 is 0 Å². The van der Waals surface area contributed by atoms with Crippen LogP contribution in [0.5, 0.6) is 0 Å². The fraction of sp³-hybridized carbons (Fsp3) is 1.00. The summed E-state index contributed by atoms with van der Waals surface area (Å²) in [6.45, 7) is 8.29. The van der Waals surface area contributed by atoms with E-state index in [4.69, 9.17) is 0 Å². The lowest BCUT2D eigenvalue weighted by atomic mass is 9.65. The first-order chi connectivity index (χ1) is 7.18. The lowest BCUT2D eigenvalue weighted by Crippen LogP contribution is -2.46. The van der Waals surface area contributed by atoms with E-state index < -0.39 is 0 Å². The van der Waals surface area contributed by atoms with Gasteiger partial charge in [0.15, 0.2) is 0 Å². The quantitative estimate of drug-likeness (QED) is 0.705. The topological polar surface area (TPSA) is 12.0 Å². The van der Waals surface area contributed by atoms with Crippen LogP contribution in [0, 0.1) is 17.3 Å². The molecule has 2 aliphatic carbocycles. The van der Waals surface area contributed by atoms with Crippen molar-refractivity contribution in [3.05, 3.63) is 0 Å². The molecule has 0 aromatic heterocycles. The van der Waals surface area contributed by atoms with Crippen LogP contribution in [0.2, 0.25) is 0 Å². The second-order valence-electron chi connectivity index (χ2n) is 6.13. The second-order valence-corrected chi connectivity index (χ2v) is 6.13. The summed E-state index contributed by atoms with van der Waals surface area (Å²) in [5.74, 6) is 1.87. The van der Waals surface area contributed by atoms with E-state index in [0.29, 0.717) is 0 Å². The second kappa shape index (κ2) is 4.45. The van der Waals surface area contributed by atoms with Gasteiger partial charge in [0.05, 0.1) is 0 Å². The van der Waals surface area contributed by atoms with E-state index in [2.05, 4.69) is 26.1 Å². The van der Waals surface area contributed by atoms with Crippen molar-refractivity contribution in [2.24, 2.45) is 17.3 Å². The number of hydrogen-bond acceptors (Lipinski definition) is 1. The van der Waals surface area contributed by atoms with Gasteiger partial charge in [0.1, 0.15) is 0 Å². The van der Waals surface area contributed by atoms with Crippen molar-refractivity contribution in [2.75, 3.05) is 6.54 Å². The van der Waals surface area contributed by atoms with Crippen LogP contribution >= 0.6 is 0 Å². The van der Waals surface area contributed by atoms with Crippen LogP contribution in [-0.4, -0.2) is 12.6 Å². The third kappa shape index (κ3) is 2.38. The maximum Gasteiger partial charge on any atom is 0.00876 e. The SMILES string of the molecule is CCC(NCC1(C2CC2)CCC1)C(C)C. The molecule has 1 N–H and O–H groups in total. The smallest absolute Gasteiger partial charge is 0.00876 e. The molecule has 1 heteroatoms. The maximum atomic E-state index is 3.83. The Hall–Kier alpha value is -0.0400. The lowest BCUT2D eigenvalue weighted by Gasteiger charge is -2.44. The van der Waals surface area contributed by atoms with E-state index in [0.717, 1.165) is 23.3 Å². The van der Waals surface area contributed by atoms with Crippen molar-refractivity contribution < 1.29 is 0 Å². The van der Waals surface area contributed by atoms with Gasteiger partial charge in [-0.3, -0.25) is 0 Å². The van der Waals surface area contributed by atoms with Crippen molar-refractivity contribution in [2.45, 2.75) is 65.3 Å². The first-order valence-electron chi connectivity index (χ1n) is 6.91. The number of nitrogens with one attached hydrogen (secondary N) is 1. The van der Waals surface area contributed by atoms with Crippen LogP contribution in [-0.2, 0) is 0 Å². The molecular formula is C14H27N. The molecule has 2 rings (SSSR count). The standard InChI is InChI=1S/C14H27N/c1-4-13(11(2)3)15-10-14(8-5-9-14)12-6-7-12/h11-13,15H,4-10H2,1-3H3. The van der Waals surface area contributed by atoms with Gasteiger partial charge in [-0.05, 0) is 49.4 Å². The molecule has 0 bridgehead atoms. The highest BCUT2D eigenvalue weighted by Gasteiger charge is 2.48. The predicted octanol–water partition coefficient (Wildman–Crippen LogP) is 3.59. The summed E-state index contributed by atoms with van der Waals surface area (Å²) in [5, 5.41) is 3.83. The van der Waals surface area contributed by atoms with Crippen LogP contribution in [0.15, 0.2) is 0 Å². The minimum absolute atomic E-state index is 0.737. The van der Waals surface area contributed by atoms with E-state index in [1.165, 1.54) is 45.1 Å². The average molecular weight is 209 g/mol.